The summed E-state index contributed by atoms with van der Waals surface area (Å²) in [6.07, 6.45) is 1.53. The van der Waals surface area contributed by atoms with Crippen molar-refractivity contribution in [2.45, 2.75) is 45.4 Å². The molecule has 1 aliphatic heterocycles. The lowest BCUT2D eigenvalue weighted by atomic mass is 9.57. The van der Waals surface area contributed by atoms with Gasteiger partial charge in [-0.05, 0) is 35.7 Å². The molecule has 1 heterocycles. The van der Waals surface area contributed by atoms with Crippen molar-refractivity contribution in [3.05, 3.63) is 48.0 Å². The molecule has 4 heteroatoms. The Balaban J connectivity index is 1.46. The summed E-state index contributed by atoms with van der Waals surface area (Å²) in [5, 5.41) is 9.77. The SMILES string of the molecule is CN=C(NC(C)c1ccc2ccccc2c1)NC1C2CCOC2C1(C)C. The lowest BCUT2D eigenvalue weighted by molar-refractivity contribution is -0.106. The van der Waals surface area contributed by atoms with Gasteiger partial charge in [0.15, 0.2) is 5.96 Å². The number of fused-ring (bicyclic) bond motifs is 2. The molecule has 0 radical (unpaired) electrons. The van der Waals surface area contributed by atoms with Crippen molar-refractivity contribution < 1.29 is 4.74 Å². The molecule has 4 rings (SSSR count). The van der Waals surface area contributed by atoms with E-state index in [0.29, 0.717) is 18.1 Å². The molecule has 2 aromatic carbocycles. The summed E-state index contributed by atoms with van der Waals surface area (Å²) in [5.74, 6) is 1.47. The second-order valence-electron chi connectivity index (χ2n) is 8.23. The van der Waals surface area contributed by atoms with E-state index >= 15 is 0 Å². The summed E-state index contributed by atoms with van der Waals surface area (Å²) in [5.41, 5.74) is 1.41. The van der Waals surface area contributed by atoms with Crippen LogP contribution in [-0.4, -0.2) is 31.8 Å². The van der Waals surface area contributed by atoms with E-state index in [0.717, 1.165) is 19.0 Å². The standard InChI is InChI=1S/C22H29N3O/c1-14(16-10-9-15-7-5-6-8-17(15)13-16)24-21(23-4)25-19-18-11-12-26-20(18)22(19,2)3/h5-10,13-14,18-20H,11-12H2,1-4H3,(H2,23,24,25). The quantitative estimate of drug-likeness (QED) is 0.652. The molecule has 1 aliphatic carbocycles. The summed E-state index contributed by atoms with van der Waals surface area (Å²) in [7, 11) is 1.84. The number of hydrogen-bond acceptors (Lipinski definition) is 2. The molecule has 4 unspecified atom stereocenters. The summed E-state index contributed by atoms with van der Waals surface area (Å²) in [6.45, 7) is 7.65. The molecule has 4 nitrogen and oxygen atoms in total. The summed E-state index contributed by atoms with van der Waals surface area (Å²) < 4.78 is 5.90. The Hall–Kier alpha value is -2.07. The zero-order valence-electron chi connectivity index (χ0n) is 16.1. The minimum absolute atomic E-state index is 0.144. The van der Waals surface area contributed by atoms with Crippen LogP contribution >= 0.6 is 0 Å². The van der Waals surface area contributed by atoms with Gasteiger partial charge in [0.1, 0.15) is 0 Å². The predicted molar refractivity (Wildman–Crippen MR) is 107 cm³/mol. The number of aliphatic imine (C=N–C) groups is 1. The summed E-state index contributed by atoms with van der Waals surface area (Å²) in [4.78, 5) is 4.47. The number of hydrogen-bond donors (Lipinski definition) is 2. The number of nitrogens with zero attached hydrogens (tertiary/aromatic N) is 1. The molecular weight excluding hydrogens is 322 g/mol. The highest BCUT2D eigenvalue weighted by molar-refractivity contribution is 5.84. The van der Waals surface area contributed by atoms with Crippen LogP contribution in [0.5, 0.6) is 0 Å². The van der Waals surface area contributed by atoms with E-state index in [-0.39, 0.29) is 11.5 Å². The van der Waals surface area contributed by atoms with Crippen LogP contribution in [0.4, 0.5) is 0 Å². The van der Waals surface area contributed by atoms with E-state index in [4.69, 9.17) is 4.74 Å². The maximum Gasteiger partial charge on any atom is 0.191 e. The number of guanidine groups is 1. The van der Waals surface area contributed by atoms with Crippen LogP contribution < -0.4 is 10.6 Å². The Morgan fingerprint density at radius 1 is 1.19 bits per heavy atom. The van der Waals surface area contributed by atoms with Crippen molar-refractivity contribution in [1.29, 1.82) is 0 Å². The highest BCUT2D eigenvalue weighted by atomic mass is 16.5. The fourth-order valence-corrected chi connectivity index (χ4v) is 4.70. The van der Waals surface area contributed by atoms with Crippen LogP contribution in [-0.2, 0) is 4.74 Å². The van der Waals surface area contributed by atoms with Gasteiger partial charge in [-0.2, -0.15) is 0 Å². The lowest BCUT2D eigenvalue weighted by Crippen LogP contribution is -2.68. The Kier molecular flexibility index (Phi) is 4.39. The first-order valence-corrected chi connectivity index (χ1v) is 9.61. The molecule has 138 valence electrons. The van der Waals surface area contributed by atoms with Crippen LogP contribution in [0.1, 0.15) is 38.8 Å². The molecule has 0 bridgehead atoms. The molecule has 2 aromatic rings. The topological polar surface area (TPSA) is 45.7 Å². The van der Waals surface area contributed by atoms with Gasteiger partial charge < -0.3 is 15.4 Å². The third-order valence-electron chi connectivity index (χ3n) is 6.24. The fraction of sp³-hybridized carbons (Fsp3) is 0.500. The van der Waals surface area contributed by atoms with Crippen molar-refractivity contribution in [3.63, 3.8) is 0 Å². The second kappa shape index (κ2) is 6.58. The molecule has 0 aromatic heterocycles. The first-order chi connectivity index (χ1) is 12.5. The zero-order chi connectivity index (χ0) is 18.3. The van der Waals surface area contributed by atoms with Gasteiger partial charge in [-0.25, -0.2) is 0 Å². The molecule has 2 fully saturated rings. The van der Waals surface area contributed by atoms with E-state index in [1.54, 1.807) is 0 Å². The minimum atomic E-state index is 0.144. The van der Waals surface area contributed by atoms with Gasteiger partial charge in [0.2, 0.25) is 0 Å². The third kappa shape index (κ3) is 2.86. The molecule has 1 saturated carbocycles. The van der Waals surface area contributed by atoms with Crippen molar-refractivity contribution in [3.8, 4) is 0 Å². The van der Waals surface area contributed by atoms with E-state index in [1.807, 2.05) is 7.05 Å². The molecule has 1 saturated heterocycles. The van der Waals surface area contributed by atoms with E-state index < -0.39 is 0 Å². The minimum Gasteiger partial charge on any atom is -0.377 e. The van der Waals surface area contributed by atoms with Gasteiger partial charge in [-0.1, -0.05) is 50.2 Å². The molecule has 4 atom stereocenters. The Morgan fingerprint density at radius 2 is 1.96 bits per heavy atom. The van der Waals surface area contributed by atoms with Gasteiger partial charge in [0.25, 0.3) is 0 Å². The maximum atomic E-state index is 5.90. The van der Waals surface area contributed by atoms with Crippen LogP contribution in [0.25, 0.3) is 10.8 Å². The van der Waals surface area contributed by atoms with Crippen LogP contribution in [0.2, 0.25) is 0 Å². The molecule has 2 aliphatic rings. The van der Waals surface area contributed by atoms with Gasteiger partial charge in [-0.3, -0.25) is 4.99 Å². The fourth-order valence-electron chi connectivity index (χ4n) is 4.70. The highest BCUT2D eigenvalue weighted by Gasteiger charge is 2.59. The largest absolute Gasteiger partial charge is 0.377 e. The van der Waals surface area contributed by atoms with Crippen LogP contribution in [0.3, 0.4) is 0 Å². The molecule has 26 heavy (non-hydrogen) atoms. The van der Waals surface area contributed by atoms with Gasteiger partial charge >= 0.3 is 0 Å². The Morgan fingerprint density at radius 3 is 2.73 bits per heavy atom. The Labute approximate surface area is 156 Å². The first kappa shape index (κ1) is 17.3. The summed E-state index contributed by atoms with van der Waals surface area (Å²) >= 11 is 0. The molecule has 0 amide bonds. The average Bonchev–Trinajstić information content (AvgIpc) is 3.11. The molecule has 0 spiro atoms. The van der Waals surface area contributed by atoms with Gasteiger partial charge in [0.05, 0.1) is 12.1 Å². The number of benzene rings is 2. The van der Waals surface area contributed by atoms with Crippen molar-refractivity contribution >= 4 is 16.7 Å². The van der Waals surface area contributed by atoms with E-state index in [1.165, 1.54) is 16.3 Å². The second-order valence-corrected chi connectivity index (χ2v) is 8.23. The van der Waals surface area contributed by atoms with Crippen LogP contribution in [0.15, 0.2) is 47.5 Å². The normalized spacial score (nSPS) is 28.3. The molecular formula is C22H29N3O. The molecule has 2 N–H and O–H groups in total. The zero-order valence-corrected chi connectivity index (χ0v) is 16.1. The first-order valence-electron chi connectivity index (χ1n) is 9.61. The van der Waals surface area contributed by atoms with Gasteiger partial charge in [0, 0.05) is 31.0 Å². The predicted octanol–water partition coefficient (Wildman–Crippen LogP) is 3.88. The van der Waals surface area contributed by atoms with E-state index in [2.05, 4.69) is 78.9 Å². The Bertz CT molecular complexity index is 829. The van der Waals surface area contributed by atoms with Gasteiger partial charge in [-0.15, -0.1) is 0 Å². The number of ether oxygens (including phenoxy) is 1. The third-order valence-corrected chi connectivity index (χ3v) is 6.24. The monoisotopic (exact) mass is 351 g/mol. The van der Waals surface area contributed by atoms with Crippen molar-refractivity contribution in [2.75, 3.05) is 13.7 Å². The van der Waals surface area contributed by atoms with Crippen molar-refractivity contribution in [1.82, 2.24) is 10.6 Å². The average molecular weight is 351 g/mol. The van der Waals surface area contributed by atoms with Crippen LogP contribution in [0, 0.1) is 11.3 Å². The smallest absolute Gasteiger partial charge is 0.191 e. The van der Waals surface area contributed by atoms with E-state index in [9.17, 15) is 0 Å². The number of rotatable bonds is 3. The summed E-state index contributed by atoms with van der Waals surface area (Å²) in [6, 6.07) is 15.7. The van der Waals surface area contributed by atoms with Crippen molar-refractivity contribution in [2.24, 2.45) is 16.3 Å². The lowest BCUT2D eigenvalue weighted by Gasteiger charge is -2.55. The maximum absolute atomic E-state index is 5.90. The highest BCUT2D eigenvalue weighted by Crippen LogP contribution is 2.52. The number of nitrogens with one attached hydrogen (secondary N) is 2.